The van der Waals surface area contributed by atoms with Gasteiger partial charge in [-0.15, -0.1) is 5.10 Å². The van der Waals surface area contributed by atoms with Gasteiger partial charge in [0.1, 0.15) is 25.1 Å². The molecule has 0 aliphatic heterocycles. The van der Waals surface area contributed by atoms with Crippen molar-refractivity contribution in [1.29, 1.82) is 0 Å². The fourth-order valence-electron chi connectivity index (χ4n) is 4.72. The van der Waals surface area contributed by atoms with Crippen LogP contribution in [-0.4, -0.2) is 107 Å². The topological polar surface area (TPSA) is 236 Å². The molecule has 292 valence electrons. The van der Waals surface area contributed by atoms with Crippen molar-refractivity contribution in [2.45, 2.75) is 77.7 Å². The summed E-state index contributed by atoms with van der Waals surface area (Å²) < 4.78 is 29.4. The van der Waals surface area contributed by atoms with Crippen molar-refractivity contribution >= 4 is 23.9 Å². The van der Waals surface area contributed by atoms with Gasteiger partial charge in [-0.2, -0.15) is 4.98 Å². The van der Waals surface area contributed by atoms with E-state index in [1.807, 2.05) is 31.2 Å². The van der Waals surface area contributed by atoms with Crippen LogP contribution >= 0.6 is 0 Å². The summed E-state index contributed by atoms with van der Waals surface area (Å²) in [4.78, 5) is 42.9. The van der Waals surface area contributed by atoms with Crippen LogP contribution in [0.4, 0.5) is 10.7 Å². The standard InChI is InChI=1S/C35H53N9O9/c1-2-6-30(33(46)47)40-35(48)39-14-3-4-17-44-23-29(42-43-44)25-50-21-22-52-26-51-18-5-7-31(45)37-16-20-49-19-13-27-8-10-28(11-9-27)24-53-32-12-15-38-34(36)41-32/h8-12,15,23,30H,2-7,13-14,16-22,24-26H2,1H3,(H,37,45)(H,46,47)(H2,36,38,41)(H2,39,40,48)/t30-/m0/s1. The van der Waals surface area contributed by atoms with Crippen molar-refractivity contribution in [2.24, 2.45) is 0 Å². The quantitative estimate of drug-likeness (QED) is 0.0507. The third-order valence-electron chi connectivity index (χ3n) is 7.51. The molecule has 0 bridgehead atoms. The summed E-state index contributed by atoms with van der Waals surface area (Å²) in [6.07, 6.45) is 7.56. The number of carbonyl (C=O) groups excluding carboxylic acids is 2. The molecule has 1 atom stereocenters. The van der Waals surface area contributed by atoms with E-state index in [-0.39, 0.29) is 18.6 Å². The van der Waals surface area contributed by atoms with Crippen molar-refractivity contribution in [1.82, 2.24) is 40.9 Å². The van der Waals surface area contributed by atoms with Crippen LogP contribution in [0.25, 0.3) is 0 Å². The second-order valence-electron chi connectivity index (χ2n) is 11.9. The van der Waals surface area contributed by atoms with Crippen LogP contribution in [-0.2, 0) is 54.7 Å². The zero-order valence-corrected chi connectivity index (χ0v) is 30.4. The maximum Gasteiger partial charge on any atom is 0.326 e. The molecule has 18 nitrogen and oxygen atoms in total. The molecule has 2 heterocycles. The maximum atomic E-state index is 12.0. The number of aromatic nitrogens is 5. The highest BCUT2D eigenvalue weighted by atomic mass is 16.7. The van der Waals surface area contributed by atoms with Crippen LogP contribution in [0.5, 0.6) is 5.88 Å². The number of aliphatic carboxylic acids is 1. The third kappa shape index (κ3) is 19.5. The predicted molar refractivity (Wildman–Crippen MR) is 193 cm³/mol. The number of amides is 3. The Morgan fingerprint density at radius 1 is 0.887 bits per heavy atom. The van der Waals surface area contributed by atoms with Crippen LogP contribution in [0.15, 0.2) is 42.7 Å². The molecule has 0 aliphatic carbocycles. The van der Waals surface area contributed by atoms with Gasteiger partial charge < -0.3 is 50.5 Å². The molecule has 53 heavy (non-hydrogen) atoms. The second kappa shape index (κ2) is 25.9. The number of nitrogens with zero attached hydrogens (tertiary/aromatic N) is 5. The molecule has 0 fully saturated rings. The predicted octanol–water partition coefficient (Wildman–Crippen LogP) is 2.23. The number of aryl methyl sites for hydroxylation is 1. The number of nitrogens with one attached hydrogen (secondary N) is 3. The van der Waals surface area contributed by atoms with E-state index in [4.69, 9.17) is 34.5 Å². The Morgan fingerprint density at radius 2 is 1.68 bits per heavy atom. The van der Waals surface area contributed by atoms with Crippen LogP contribution in [0.2, 0.25) is 0 Å². The maximum absolute atomic E-state index is 12.0. The molecule has 1 aromatic carbocycles. The number of unbranched alkanes of at least 4 members (excludes halogenated alkanes) is 1. The number of carboxylic acids is 1. The molecule has 3 amide bonds. The highest BCUT2D eigenvalue weighted by Crippen LogP contribution is 2.11. The van der Waals surface area contributed by atoms with Gasteiger partial charge in [0.25, 0.3) is 0 Å². The molecule has 0 saturated carbocycles. The Labute approximate surface area is 309 Å². The summed E-state index contributed by atoms with van der Waals surface area (Å²) in [5.74, 6) is -0.488. The summed E-state index contributed by atoms with van der Waals surface area (Å²) in [5, 5.41) is 25.3. The number of benzene rings is 1. The molecular weight excluding hydrogens is 690 g/mol. The molecule has 0 unspecified atom stereocenters. The number of ether oxygens (including phenoxy) is 5. The zero-order valence-electron chi connectivity index (χ0n) is 30.4. The Kier molecular flexibility index (Phi) is 20.8. The van der Waals surface area contributed by atoms with Crippen LogP contribution in [0.3, 0.4) is 0 Å². The van der Waals surface area contributed by atoms with Gasteiger partial charge in [-0.25, -0.2) is 14.6 Å². The fourth-order valence-corrected chi connectivity index (χ4v) is 4.72. The molecule has 0 spiro atoms. The SMILES string of the molecule is CCC[C@H](NC(=O)NCCCCn1cc(COCCOCOCCCC(=O)NCCOCCc2ccc(COc3ccnc(N)n3)cc2)nn1)C(=O)O. The normalized spacial score (nSPS) is 11.6. The Balaban J connectivity index is 1.07. The van der Waals surface area contributed by atoms with Crippen molar-refractivity contribution in [3.05, 3.63) is 59.5 Å². The lowest BCUT2D eigenvalue weighted by Crippen LogP contribution is -2.46. The highest BCUT2D eigenvalue weighted by molar-refractivity contribution is 5.82. The van der Waals surface area contributed by atoms with Crippen molar-refractivity contribution < 1.29 is 43.2 Å². The monoisotopic (exact) mass is 743 g/mol. The average Bonchev–Trinajstić information content (AvgIpc) is 3.60. The highest BCUT2D eigenvalue weighted by Gasteiger charge is 2.18. The number of nitrogens with two attached hydrogens (primary N) is 1. The minimum atomic E-state index is -1.04. The molecule has 18 heteroatoms. The van der Waals surface area contributed by atoms with E-state index in [9.17, 15) is 14.4 Å². The zero-order chi connectivity index (χ0) is 37.9. The summed E-state index contributed by atoms with van der Waals surface area (Å²) in [6, 6.07) is 8.35. The molecule has 2 aromatic heterocycles. The fraction of sp³-hybridized carbons (Fsp3) is 0.571. The number of nitrogen functional groups attached to an aromatic ring is 1. The van der Waals surface area contributed by atoms with E-state index in [1.165, 1.54) is 0 Å². The molecule has 0 aliphatic rings. The largest absolute Gasteiger partial charge is 0.480 e. The number of hydrogen-bond acceptors (Lipinski definition) is 13. The van der Waals surface area contributed by atoms with Gasteiger partial charge >= 0.3 is 12.0 Å². The third-order valence-corrected chi connectivity index (χ3v) is 7.51. The number of anilines is 1. The van der Waals surface area contributed by atoms with E-state index in [2.05, 4.69) is 36.2 Å². The number of carbonyl (C=O) groups is 3. The molecule has 3 rings (SSSR count). The average molecular weight is 744 g/mol. The lowest BCUT2D eigenvalue weighted by atomic mass is 10.1. The number of carboxylic acid groups (broad SMARTS) is 1. The van der Waals surface area contributed by atoms with Crippen molar-refractivity contribution in [2.75, 3.05) is 58.7 Å². The van der Waals surface area contributed by atoms with E-state index < -0.39 is 18.0 Å². The first-order chi connectivity index (χ1) is 25.8. The Bertz CT molecular complexity index is 1480. The summed E-state index contributed by atoms with van der Waals surface area (Å²) in [7, 11) is 0. The summed E-state index contributed by atoms with van der Waals surface area (Å²) in [5.41, 5.74) is 8.41. The number of urea groups is 1. The molecular formula is C35H53N9O9. The lowest BCUT2D eigenvalue weighted by Gasteiger charge is -2.14. The molecule has 3 aromatic rings. The summed E-state index contributed by atoms with van der Waals surface area (Å²) in [6.45, 7) is 6.24. The van der Waals surface area contributed by atoms with E-state index in [1.54, 1.807) is 23.1 Å². The number of hydrogen-bond donors (Lipinski definition) is 5. The summed E-state index contributed by atoms with van der Waals surface area (Å²) >= 11 is 0. The number of rotatable bonds is 29. The van der Waals surface area contributed by atoms with Crippen molar-refractivity contribution in [3.8, 4) is 5.88 Å². The van der Waals surface area contributed by atoms with Crippen molar-refractivity contribution in [3.63, 3.8) is 0 Å². The van der Waals surface area contributed by atoms with Gasteiger partial charge in [0.15, 0.2) is 0 Å². The lowest BCUT2D eigenvalue weighted by molar-refractivity contribution is -0.139. The minimum absolute atomic E-state index is 0.0534. The molecule has 0 radical (unpaired) electrons. The first-order valence-corrected chi connectivity index (χ1v) is 17.8. The van der Waals surface area contributed by atoms with E-state index >= 15 is 0 Å². The van der Waals surface area contributed by atoms with Gasteiger partial charge in [-0.1, -0.05) is 42.8 Å². The Morgan fingerprint density at radius 3 is 2.47 bits per heavy atom. The minimum Gasteiger partial charge on any atom is -0.480 e. The van der Waals surface area contributed by atoms with Gasteiger partial charge in [-0.05, 0) is 43.2 Å². The van der Waals surface area contributed by atoms with Gasteiger partial charge in [0.2, 0.25) is 17.7 Å². The molecule has 0 saturated heterocycles. The van der Waals surface area contributed by atoms with Gasteiger partial charge in [0.05, 0.1) is 39.2 Å². The first-order valence-electron chi connectivity index (χ1n) is 17.8. The molecule has 6 N–H and O–H groups in total. The van der Waals surface area contributed by atoms with Crippen LogP contribution in [0, 0.1) is 0 Å². The van der Waals surface area contributed by atoms with Gasteiger partial charge in [0, 0.05) is 44.9 Å². The van der Waals surface area contributed by atoms with E-state index in [0.717, 1.165) is 24.0 Å². The second-order valence-corrected chi connectivity index (χ2v) is 11.9. The van der Waals surface area contributed by atoms with E-state index in [0.29, 0.717) is 110 Å². The van der Waals surface area contributed by atoms with Crippen LogP contribution in [0.1, 0.15) is 62.3 Å². The smallest absolute Gasteiger partial charge is 0.326 e. The van der Waals surface area contributed by atoms with Gasteiger partial charge in [-0.3, -0.25) is 9.48 Å². The first kappa shape index (κ1) is 42.5. The Hall–Kier alpha value is -4.91. The van der Waals surface area contributed by atoms with Crippen LogP contribution < -0.4 is 26.4 Å².